The summed E-state index contributed by atoms with van der Waals surface area (Å²) in [6, 6.07) is 21.3. The minimum absolute atomic E-state index is 0.0948. The number of ketones is 2. The largest absolute Gasteiger partial charge is 0.384 e. The molecule has 3 N–H and O–H groups in total. The van der Waals surface area contributed by atoms with Gasteiger partial charge in [-0.3, -0.25) is 14.3 Å². The zero-order valence-corrected chi connectivity index (χ0v) is 22.1. The van der Waals surface area contributed by atoms with E-state index >= 15 is 0 Å². The fourth-order valence-corrected chi connectivity index (χ4v) is 5.74. The number of hydrogen-bond acceptors (Lipinski definition) is 6. The third-order valence-corrected chi connectivity index (χ3v) is 8.06. The molecule has 2 heterocycles. The van der Waals surface area contributed by atoms with Crippen LogP contribution in [0.4, 0.5) is 11.4 Å². The van der Waals surface area contributed by atoms with E-state index in [1.165, 1.54) is 6.92 Å². The molecular weight excluding hydrogens is 486 g/mol. The molecule has 0 bridgehead atoms. The smallest absolute Gasteiger partial charge is 0.261 e. The van der Waals surface area contributed by atoms with Gasteiger partial charge in [-0.25, -0.2) is 8.42 Å². The van der Waals surface area contributed by atoms with E-state index in [1.54, 1.807) is 36.4 Å². The first-order chi connectivity index (χ1) is 17.7. The van der Waals surface area contributed by atoms with Crippen molar-refractivity contribution < 1.29 is 18.0 Å². The van der Waals surface area contributed by atoms with Crippen molar-refractivity contribution in [3.8, 4) is 0 Å². The number of carbonyl (C=O) groups is 2. The zero-order valence-electron chi connectivity index (χ0n) is 21.3. The average molecular weight is 520 g/mol. The molecule has 8 heteroatoms. The quantitative estimate of drug-likeness (QED) is 0.382. The normalized spacial score (nSPS) is 18.1. The van der Waals surface area contributed by atoms with Crippen LogP contribution in [0.5, 0.6) is 0 Å². The molecule has 2 aliphatic rings. The highest BCUT2D eigenvalue weighted by Crippen LogP contribution is 2.39. The Bertz CT molecular complexity index is 1390. The molecule has 0 spiro atoms. The number of benzene rings is 3. The molecule has 0 aliphatic carbocycles. The number of carbonyl (C=O) groups excluding carboxylic acids is 2. The molecule has 5 rings (SSSR count). The van der Waals surface area contributed by atoms with Crippen LogP contribution >= 0.6 is 0 Å². The first-order valence-corrected chi connectivity index (χ1v) is 14.0. The van der Waals surface area contributed by atoms with Crippen LogP contribution in [0.15, 0.2) is 77.7 Å². The van der Waals surface area contributed by atoms with Gasteiger partial charge in [0, 0.05) is 41.0 Å². The monoisotopic (exact) mass is 519 g/mol. The zero-order chi connectivity index (χ0) is 26.6. The van der Waals surface area contributed by atoms with E-state index in [4.69, 9.17) is 0 Å². The van der Waals surface area contributed by atoms with Gasteiger partial charge in [-0.1, -0.05) is 56.3 Å². The number of rotatable bonds is 6. The maximum atomic E-state index is 12.8. The number of Topliss-reactive ketones (excluding diaryl/α,β-unsaturated/α-hetero) is 2. The van der Waals surface area contributed by atoms with Crippen LogP contribution in [0.3, 0.4) is 0 Å². The Hall–Kier alpha value is -3.49. The number of sulfonamides is 1. The van der Waals surface area contributed by atoms with E-state index in [2.05, 4.69) is 15.4 Å². The fourth-order valence-electron chi connectivity index (χ4n) is 4.66. The second-order valence-corrected chi connectivity index (χ2v) is 11.4. The van der Waals surface area contributed by atoms with Crippen LogP contribution in [0.25, 0.3) is 0 Å². The summed E-state index contributed by atoms with van der Waals surface area (Å²) < 4.78 is 28.2. The number of nitrogens with one attached hydrogen (secondary N) is 3. The molecular formula is C29H33N3O4S. The van der Waals surface area contributed by atoms with Gasteiger partial charge in [0.05, 0.1) is 4.90 Å². The number of hydrogen-bond donors (Lipinski definition) is 3. The summed E-state index contributed by atoms with van der Waals surface area (Å²) >= 11 is 0. The van der Waals surface area contributed by atoms with Crippen molar-refractivity contribution in [3.05, 3.63) is 89.5 Å². The lowest BCUT2D eigenvalue weighted by molar-refractivity contribution is 0.0938. The van der Waals surface area contributed by atoms with Gasteiger partial charge in [-0.05, 0) is 61.7 Å². The summed E-state index contributed by atoms with van der Waals surface area (Å²) in [5, 5.41) is 6.86. The molecule has 0 unspecified atom stereocenters. The third-order valence-electron chi connectivity index (χ3n) is 6.68. The Balaban J connectivity index is 0.000000245. The molecule has 0 saturated carbocycles. The van der Waals surface area contributed by atoms with E-state index in [0.717, 1.165) is 36.3 Å². The highest BCUT2D eigenvalue weighted by Gasteiger charge is 2.34. The molecule has 0 amide bonds. The van der Waals surface area contributed by atoms with Crippen LogP contribution in [0.1, 0.15) is 59.5 Å². The van der Waals surface area contributed by atoms with Crippen molar-refractivity contribution >= 4 is 33.0 Å². The van der Waals surface area contributed by atoms with Crippen molar-refractivity contribution in [1.29, 1.82) is 0 Å². The van der Waals surface area contributed by atoms with Gasteiger partial charge < -0.3 is 10.6 Å². The molecule has 194 valence electrons. The lowest BCUT2D eigenvalue weighted by Crippen LogP contribution is -2.29. The molecule has 0 aromatic heterocycles. The SMILES string of the molecule is CC(=O)c1cccc(NS(=O)(=O)c2ccc3c(c2)[C@H]2NCC[C@H]2CN3)c1.CC(C)C(=O)c1ccccc1. The van der Waals surface area contributed by atoms with Gasteiger partial charge in [-0.2, -0.15) is 0 Å². The Morgan fingerprint density at radius 2 is 1.68 bits per heavy atom. The second-order valence-electron chi connectivity index (χ2n) is 9.74. The molecule has 1 fully saturated rings. The maximum absolute atomic E-state index is 12.8. The second kappa shape index (κ2) is 11.3. The van der Waals surface area contributed by atoms with Crippen molar-refractivity contribution in [3.63, 3.8) is 0 Å². The van der Waals surface area contributed by atoms with E-state index in [1.807, 2.05) is 50.2 Å². The van der Waals surface area contributed by atoms with Crippen LogP contribution in [0.2, 0.25) is 0 Å². The maximum Gasteiger partial charge on any atom is 0.261 e. The lowest BCUT2D eigenvalue weighted by atomic mass is 9.89. The molecule has 2 atom stereocenters. The van der Waals surface area contributed by atoms with Crippen molar-refractivity contribution in [2.75, 3.05) is 23.1 Å². The molecule has 3 aromatic carbocycles. The first kappa shape index (κ1) is 26.6. The Kier molecular flexibility index (Phi) is 8.10. The van der Waals surface area contributed by atoms with Crippen LogP contribution in [0, 0.1) is 11.8 Å². The predicted molar refractivity (Wildman–Crippen MR) is 147 cm³/mol. The molecule has 7 nitrogen and oxygen atoms in total. The topological polar surface area (TPSA) is 104 Å². The highest BCUT2D eigenvalue weighted by atomic mass is 32.2. The van der Waals surface area contributed by atoms with E-state index in [0.29, 0.717) is 17.2 Å². The number of anilines is 2. The van der Waals surface area contributed by atoms with Crippen molar-refractivity contribution in [2.24, 2.45) is 11.8 Å². The molecule has 37 heavy (non-hydrogen) atoms. The molecule has 3 aromatic rings. The van der Waals surface area contributed by atoms with Gasteiger partial charge >= 0.3 is 0 Å². The summed E-state index contributed by atoms with van der Waals surface area (Å²) in [6.45, 7) is 7.14. The standard InChI is InChI=1S/C19H21N3O3S.C10H12O/c1-12(23)13-3-2-4-15(9-13)22-26(24,25)16-5-6-18-17(10-16)19-14(11-21-18)7-8-20-19;1-8(2)10(11)9-6-4-3-5-7-9/h2-6,9-10,14,19-22H,7-8,11H2,1H3;3-8H,1-2H3/t14-,19-;/m0./s1. The van der Waals surface area contributed by atoms with E-state index in [9.17, 15) is 18.0 Å². The summed E-state index contributed by atoms with van der Waals surface area (Å²) in [5.41, 5.74) is 3.64. The van der Waals surface area contributed by atoms with Crippen LogP contribution in [-0.4, -0.2) is 33.1 Å². The predicted octanol–water partition coefficient (Wildman–Crippen LogP) is 5.29. The Morgan fingerprint density at radius 3 is 2.38 bits per heavy atom. The van der Waals surface area contributed by atoms with Crippen LogP contribution < -0.4 is 15.4 Å². The Morgan fingerprint density at radius 1 is 0.946 bits per heavy atom. The van der Waals surface area contributed by atoms with Crippen molar-refractivity contribution in [1.82, 2.24) is 5.32 Å². The highest BCUT2D eigenvalue weighted by molar-refractivity contribution is 7.92. The molecule has 0 radical (unpaired) electrons. The minimum atomic E-state index is -3.73. The minimum Gasteiger partial charge on any atom is -0.384 e. The van der Waals surface area contributed by atoms with Gasteiger partial charge in [0.15, 0.2) is 11.6 Å². The fraction of sp³-hybridized carbons (Fsp3) is 0.310. The molecule has 2 aliphatic heterocycles. The van der Waals surface area contributed by atoms with Gasteiger partial charge in [0.25, 0.3) is 10.0 Å². The summed E-state index contributed by atoms with van der Waals surface area (Å²) in [5.74, 6) is 0.688. The first-order valence-electron chi connectivity index (χ1n) is 12.5. The molecule has 1 saturated heterocycles. The third kappa shape index (κ3) is 6.26. The van der Waals surface area contributed by atoms with Gasteiger partial charge in [0.2, 0.25) is 0 Å². The Labute approximate surface area is 218 Å². The lowest BCUT2D eigenvalue weighted by Gasteiger charge is -2.29. The van der Waals surface area contributed by atoms with E-state index in [-0.39, 0.29) is 28.4 Å². The number of fused-ring (bicyclic) bond motifs is 3. The summed E-state index contributed by atoms with van der Waals surface area (Å²) in [7, 11) is -3.73. The van der Waals surface area contributed by atoms with Gasteiger partial charge in [0.1, 0.15) is 0 Å². The summed E-state index contributed by atoms with van der Waals surface area (Å²) in [6.07, 6.45) is 1.09. The summed E-state index contributed by atoms with van der Waals surface area (Å²) in [4.78, 5) is 23.1. The van der Waals surface area contributed by atoms with E-state index < -0.39 is 10.0 Å². The van der Waals surface area contributed by atoms with Crippen LogP contribution in [-0.2, 0) is 10.0 Å². The van der Waals surface area contributed by atoms with Crippen molar-refractivity contribution in [2.45, 2.75) is 38.1 Å². The van der Waals surface area contributed by atoms with Gasteiger partial charge in [-0.15, -0.1) is 0 Å². The average Bonchev–Trinajstić information content (AvgIpc) is 3.38.